The van der Waals surface area contributed by atoms with Crippen LogP contribution in [-0.4, -0.2) is 39.6 Å². The Balaban J connectivity index is 1.95. The van der Waals surface area contributed by atoms with Crippen molar-refractivity contribution in [3.8, 4) is 0 Å². The summed E-state index contributed by atoms with van der Waals surface area (Å²) < 4.78 is 16.2. The van der Waals surface area contributed by atoms with Gasteiger partial charge < -0.3 is 14.2 Å². The minimum Gasteiger partial charge on any atom is -0.384 e. The molecule has 2 rings (SSSR count). The SMILES string of the molecule is COCCc1ccc(C(Br)C2COCCO2)cc1. The Hall–Kier alpha value is -0.420. The fraction of sp³-hybridized carbons (Fsp3) is 0.571. The molecule has 1 saturated heterocycles. The molecular weight excluding hydrogens is 296 g/mol. The normalized spacial score (nSPS) is 21.8. The molecule has 0 saturated carbocycles. The molecule has 0 aromatic heterocycles. The molecule has 0 amide bonds. The fourth-order valence-electron chi connectivity index (χ4n) is 1.98. The lowest BCUT2D eigenvalue weighted by atomic mass is 10.0. The van der Waals surface area contributed by atoms with Crippen molar-refractivity contribution in [2.75, 3.05) is 33.5 Å². The van der Waals surface area contributed by atoms with Crippen LogP contribution in [0.5, 0.6) is 0 Å². The largest absolute Gasteiger partial charge is 0.384 e. The highest BCUT2D eigenvalue weighted by molar-refractivity contribution is 9.09. The number of methoxy groups -OCH3 is 1. The first-order chi connectivity index (χ1) is 8.81. The molecule has 1 aromatic rings. The second-order valence-corrected chi connectivity index (χ2v) is 5.36. The first-order valence-corrected chi connectivity index (χ1v) is 7.14. The zero-order valence-corrected chi connectivity index (χ0v) is 12.2. The molecule has 2 unspecified atom stereocenters. The molecule has 0 spiro atoms. The lowest BCUT2D eigenvalue weighted by Crippen LogP contribution is -2.31. The zero-order valence-electron chi connectivity index (χ0n) is 10.6. The maximum atomic E-state index is 5.70. The van der Waals surface area contributed by atoms with Gasteiger partial charge in [-0.05, 0) is 17.5 Å². The van der Waals surface area contributed by atoms with E-state index in [1.54, 1.807) is 7.11 Å². The summed E-state index contributed by atoms with van der Waals surface area (Å²) in [5.41, 5.74) is 2.52. The van der Waals surface area contributed by atoms with Crippen LogP contribution >= 0.6 is 15.9 Å². The van der Waals surface area contributed by atoms with Gasteiger partial charge in [-0.2, -0.15) is 0 Å². The van der Waals surface area contributed by atoms with Gasteiger partial charge >= 0.3 is 0 Å². The van der Waals surface area contributed by atoms with E-state index < -0.39 is 0 Å². The van der Waals surface area contributed by atoms with Gasteiger partial charge in [0, 0.05) is 7.11 Å². The molecule has 3 nitrogen and oxygen atoms in total. The van der Waals surface area contributed by atoms with Gasteiger partial charge in [0.05, 0.1) is 37.4 Å². The molecule has 1 aliphatic heterocycles. The Bertz CT molecular complexity index is 347. The molecular formula is C14H19BrO3. The summed E-state index contributed by atoms with van der Waals surface area (Å²) in [4.78, 5) is 0.189. The van der Waals surface area contributed by atoms with Crippen LogP contribution in [-0.2, 0) is 20.6 Å². The molecule has 1 aliphatic rings. The van der Waals surface area contributed by atoms with Crippen molar-refractivity contribution in [2.45, 2.75) is 17.4 Å². The standard InChI is InChI=1S/C14H19BrO3/c1-16-7-6-11-2-4-12(5-3-11)14(15)13-10-17-8-9-18-13/h2-5,13-14H,6-10H2,1H3. The fourth-order valence-corrected chi connectivity index (χ4v) is 2.59. The van der Waals surface area contributed by atoms with E-state index in [0.29, 0.717) is 19.8 Å². The highest BCUT2D eigenvalue weighted by Gasteiger charge is 2.24. The molecule has 0 bridgehead atoms. The average Bonchev–Trinajstić information content (AvgIpc) is 2.46. The maximum Gasteiger partial charge on any atom is 0.0975 e. The van der Waals surface area contributed by atoms with Gasteiger partial charge in [-0.25, -0.2) is 0 Å². The number of halogens is 1. The van der Waals surface area contributed by atoms with Crippen LogP contribution in [0.4, 0.5) is 0 Å². The summed E-state index contributed by atoms with van der Waals surface area (Å²) in [6.07, 6.45) is 1.05. The summed E-state index contributed by atoms with van der Waals surface area (Å²) >= 11 is 3.70. The monoisotopic (exact) mass is 314 g/mol. The summed E-state index contributed by atoms with van der Waals surface area (Å²) in [7, 11) is 1.73. The third kappa shape index (κ3) is 3.79. The Morgan fingerprint density at radius 2 is 2.11 bits per heavy atom. The second kappa shape index (κ2) is 7.24. The van der Waals surface area contributed by atoms with E-state index in [-0.39, 0.29) is 10.9 Å². The maximum absolute atomic E-state index is 5.70. The van der Waals surface area contributed by atoms with Gasteiger partial charge in [0.15, 0.2) is 0 Å². The summed E-state index contributed by atoms with van der Waals surface area (Å²) in [6, 6.07) is 8.57. The number of ether oxygens (including phenoxy) is 3. The van der Waals surface area contributed by atoms with E-state index in [2.05, 4.69) is 40.2 Å². The van der Waals surface area contributed by atoms with Crippen molar-refractivity contribution in [3.05, 3.63) is 35.4 Å². The third-order valence-electron chi connectivity index (χ3n) is 3.06. The minimum atomic E-state index is 0.101. The molecule has 1 heterocycles. The molecule has 0 aliphatic carbocycles. The lowest BCUT2D eigenvalue weighted by Gasteiger charge is -2.27. The van der Waals surface area contributed by atoms with E-state index in [1.807, 2.05) is 0 Å². The molecule has 1 fully saturated rings. The molecule has 4 heteroatoms. The van der Waals surface area contributed by atoms with Crippen molar-refractivity contribution in [2.24, 2.45) is 0 Å². The Morgan fingerprint density at radius 3 is 2.72 bits per heavy atom. The molecule has 0 N–H and O–H groups in total. The molecule has 1 aromatic carbocycles. The van der Waals surface area contributed by atoms with Crippen LogP contribution in [0.2, 0.25) is 0 Å². The van der Waals surface area contributed by atoms with Crippen LogP contribution < -0.4 is 0 Å². The van der Waals surface area contributed by atoms with Crippen molar-refractivity contribution < 1.29 is 14.2 Å². The quantitative estimate of drug-likeness (QED) is 0.782. The Labute approximate surface area is 117 Å². The summed E-state index contributed by atoms with van der Waals surface area (Å²) in [5.74, 6) is 0. The topological polar surface area (TPSA) is 27.7 Å². The highest BCUT2D eigenvalue weighted by atomic mass is 79.9. The number of benzene rings is 1. The lowest BCUT2D eigenvalue weighted by molar-refractivity contribution is -0.0876. The first kappa shape index (κ1) is 14.0. The van der Waals surface area contributed by atoms with E-state index >= 15 is 0 Å². The smallest absolute Gasteiger partial charge is 0.0975 e. The van der Waals surface area contributed by atoms with Gasteiger partial charge in [-0.3, -0.25) is 0 Å². The minimum absolute atomic E-state index is 0.101. The van der Waals surface area contributed by atoms with E-state index in [0.717, 1.165) is 13.0 Å². The summed E-state index contributed by atoms with van der Waals surface area (Å²) in [5, 5.41) is 0. The molecule has 100 valence electrons. The van der Waals surface area contributed by atoms with Gasteiger partial charge in [0.2, 0.25) is 0 Å². The van der Waals surface area contributed by atoms with Gasteiger partial charge in [-0.1, -0.05) is 40.2 Å². The van der Waals surface area contributed by atoms with Crippen molar-refractivity contribution in [1.29, 1.82) is 0 Å². The van der Waals surface area contributed by atoms with Gasteiger partial charge in [0.1, 0.15) is 0 Å². The van der Waals surface area contributed by atoms with Crippen LogP contribution in [0.1, 0.15) is 16.0 Å². The van der Waals surface area contributed by atoms with Crippen molar-refractivity contribution >= 4 is 15.9 Å². The van der Waals surface area contributed by atoms with E-state index in [4.69, 9.17) is 14.2 Å². The Morgan fingerprint density at radius 1 is 1.33 bits per heavy atom. The number of hydrogen-bond donors (Lipinski definition) is 0. The number of rotatable bonds is 5. The third-order valence-corrected chi connectivity index (χ3v) is 4.18. The van der Waals surface area contributed by atoms with Crippen LogP contribution in [0, 0.1) is 0 Å². The molecule has 2 atom stereocenters. The second-order valence-electron chi connectivity index (χ2n) is 4.37. The van der Waals surface area contributed by atoms with Crippen LogP contribution in [0.25, 0.3) is 0 Å². The predicted molar refractivity (Wildman–Crippen MR) is 74.2 cm³/mol. The highest BCUT2D eigenvalue weighted by Crippen LogP contribution is 2.30. The molecule has 0 radical (unpaired) electrons. The van der Waals surface area contributed by atoms with Crippen LogP contribution in [0.15, 0.2) is 24.3 Å². The van der Waals surface area contributed by atoms with Gasteiger partial charge in [0.25, 0.3) is 0 Å². The van der Waals surface area contributed by atoms with Crippen LogP contribution in [0.3, 0.4) is 0 Å². The van der Waals surface area contributed by atoms with E-state index in [9.17, 15) is 0 Å². The zero-order chi connectivity index (χ0) is 12.8. The van der Waals surface area contributed by atoms with Gasteiger partial charge in [-0.15, -0.1) is 0 Å². The summed E-state index contributed by atoms with van der Waals surface area (Å²) in [6.45, 7) is 2.79. The number of hydrogen-bond acceptors (Lipinski definition) is 3. The number of alkyl halides is 1. The molecule has 18 heavy (non-hydrogen) atoms. The Kier molecular flexibility index (Phi) is 5.63. The predicted octanol–water partition coefficient (Wildman–Crippen LogP) is 2.73. The van der Waals surface area contributed by atoms with Crippen molar-refractivity contribution in [1.82, 2.24) is 0 Å². The first-order valence-electron chi connectivity index (χ1n) is 6.22. The van der Waals surface area contributed by atoms with E-state index in [1.165, 1.54) is 11.1 Å². The van der Waals surface area contributed by atoms with Crippen molar-refractivity contribution in [3.63, 3.8) is 0 Å². The average molecular weight is 315 g/mol.